The third-order valence-corrected chi connectivity index (χ3v) is 7.27. The molecule has 3 amide bonds. The zero-order valence-corrected chi connectivity index (χ0v) is 21.9. The van der Waals surface area contributed by atoms with E-state index in [0.717, 1.165) is 44.1 Å². The molecule has 0 atom stereocenters. The Labute approximate surface area is 225 Å². The molecule has 0 saturated carbocycles. The van der Waals surface area contributed by atoms with Crippen LogP contribution in [0.2, 0.25) is 0 Å². The van der Waals surface area contributed by atoms with Gasteiger partial charge in [-0.15, -0.1) is 0 Å². The number of imide groups is 1. The molecule has 7 heteroatoms. The topological polar surface area (TPSA) is 75.7 Å². The van der Waals surface area contributed by atoms with Crippen LogP contribution in [0.15, 0.2) is 89.8 Å². The summed E-state index contributed by atoms with van der Waals surface area (Å²) < 4.78 is 6.16. The third-order valence-electron chi connectivity index (χ3n) is 6.36. The first-order valence-corrected chi connectivity index (χ1v) is 13.0. The minimum absolute atomic E-state index is 0.246. The molecule has 0 aliphatic carbocycles. The van der Waals surface area contributed by atoms with E-state index in [1.54, 1.807) is 6.08 Å². The lowest BCUT2D eigenvalue weighted by molar-refractivity contribution is -0.127. The van der Waals surface area contributed by atoms with Crippen LogP contribution in [0.3, 0.4) is 0 Å². The zero-order valence-electron chi connectivity index (χ0n) is 21.1. The summed E-state index contributed by atoms with van der Waals surface area (Å²) in [5.74, 6) is -0.325. The summed E-state index contributed by atoms with van der Waals surface area (Å²) in [7, 11) is 0. The monoisotopic (exact) mass is 522 g/mol. The van der Waals surface area contributed by atoms with Crippen LogP contribution in [0.25, 0.3) is 16.8 Å². The Kier molecular flexibility index (Phi) is 7.29. The summed E-state index contributed by atoms with van der Waals surface area (Å²) in [6, 6.07) is 27.2. The lowest BCUT2D eigenvalue weighted by atomic mass is 10.0. The van der Waals surface area contributed by atoms with Gasteiger partial charge >= 0.3 is 0 Å². The molecule has 1 fully saturated rings. The van der Waals surface area contributed by atoms with E-state index < -0.39 is 17.1 Å². The molecule has 1 saturated heterocycles. The number of ether oxygens (including phenoxy) is 1. The van der Waals surface area contributed by atoms with E-state index in [1.165, 1.54) is 0 Å². The standard InChI is InChI=1S/C31H26N2O4S/c1-20-9-8-10-21(2)29(20)32-28(34)18-33-30(35)27(38-31(33)36)17-25-24-14-7-6-13-23(24)15-16-26(25)37-19-22-11-4-3-5-12-22/h3-17H,18-19H2,1-2H3,(H,32,34)/b27-17+. The van der Waals surface area contributed by atoms with Crippen LogP contribution in [0.5, 0.6) is 5.75 Å². The first kappa shape index (κ1) is 25.3. The fraction of sp³-hybridized carbons (Fsp3) is 0.129. The molecule has 4 aromatic rings. The van der Waals surface area contributed by atoms with E-state index in [4.69, 9.17) is 4.74 Å². The van der Waals surface area contributed by atoms with Gasteiger partial charge in [0, 0.05) is 11.3 Å². The second-order valence-electron chi connectivity index (χ2n) is 9.06. The van der Waals surface area contributed by atoms with Gasteiger partial charge in [0.25, 0.3) is 11.1 Å². The number of thioether (sulfide) groups is 1. The molecule has 1 N–H and O–H groups in total. The van der Waals surface area contributed by atoms with E-state index in [-0.39, 0.29) is 11.4 Å². The Morgan fingerprint density at radius 3 is 2.37 bits per heavy atom. The molecule has 38 heavy (non-hydrogen) atoms. The van der Waals surface area contributed by atoms with Crippen molar-refractivity contribution in [1.29, 1.82) is 0 Å². The summed E-state index contributed by atoms with van der Waals surface area (Å²) in [6.07, 6.45) is 1.69. The first-order valence-electron chi connectivity index (χ1n) is 12.2. The second kappa shape index (κ2) is 10.9. The van der Waals surface area contributed by atoms with Crippen molar-refractivity contribution in [1.82, 2.24) is 4.90 Å². The summed E-state index contributed by atoms with van der Waals surface area (Å²) in [5, 5.41) is 4.25. The van der Waals surface area contributed by atoms with Crippen LogP contribution in [-0.2, 0) is 16.2 Å². The van der Waals surface area contributed by atoms with Crippen molar-refractivity contribution in [3.8, 4) is 5.75 Å². The number of nitrogens with one attached hydrogen (secondary N) is 1. The van der Waals surface area contributed by atoms with Gasteiger partial charge in [0.2, 0.25) is 5.91 Å². The molecule has 5 rings (SSSR count). The van der Waals surface area contributed by atoms with Crippen LogP contribution in [0.4, 0.5) is 10.5 Å². The van der Waals surface area contributed by atoms with Gasteiger partial charge in [0.05, 0.1) is 4.91 Å². The number of aryl methyl sites for hydroxylation is 2. The Morgan fingerprint density at radius 1 is 0.895 bits per heavy atom. The molecule has 0 unspecified atom stereocenters. The number of rotatable bonds is 7. The summed E-state index contributed by atoms with van der Waals surface area (Å²) in [4.78, 5) is 40.0. The molecule has 0 aromatic heterocycles. The maximum absolute atomic E-state index is 13.3. The van der Waals surface area contributed by atoms with Gasteiger partial charge in [-0.1, -0.05) is 78.9 Å². The number of hydrogen-bond donors (Lipinski definition) is 1. The number of carbonyl (C=O) groups is 3. The van der Waals surface area contributed by atoms with Crippen molar-refractivity contribution >= 4 is 51.4 Å². The Morgan fingerprint density at radius 2 is 1.61 bits per heavy atom. The SMILES string of the molecule is Cc1cccc(C)c1NC(=O)CN1C(=O)S/C(=C/c2c(OCc3ccccc3)ccc3ccccc23)C1=O. The highest BCUT2D eigenvalue weighted by Gasteiger charge is 2.36. The molecule has 0 bridgehead atoms. The number of anilines is 1. The van der Waals surface area contributed by atoms with Crippen LogP contribution in [0.1, 0.15) is 22.3 Å². The fourth-order valence-corrected chi connectivity index (χ4v) is 5.21. The van der Waals surface area contributed by atoms with Gasteiger partial charge in [-0.25, -0.2) is 0 Å². The zero-order chi connectivity index (χ0) is 26.6. The van der Waals surface area contributed by atoms with E-state index >= 15 is 0 Å². The average Bonchev–Trinajstić information content (AvgIpc) is 3.18. The predicted molar refractivity (Wildman–Crippen MR) is 152 cm³/mol. The third kappa shape index (κ3) is 5.33. The number of carbonyl (C=O) groups excluding carboxylic acids is 3. The summed E-state index contributed by atoms with van der Waals surface area (Å²) in [5.41, 5.74) is 4.24. The highest BCUT2D eigenvalue weighted by Crippen LogP contribution is 2.37. The maximum Gasteiger partial charge on any atom is 0.294 e. The van der Waals surface area contributed by atoms with Crippen LogP contribution in [0, 0.1) is 13.8 Å². The van der Waals surface area contributed by atoms with Gasteiger partial charge in [-0.2, -0.15) is 0 Å². The van der Waals surface area contributed by atoms with Crippen molar-refractivity contribution in [3.63, 3.8) is 0 Å². The van der Waals surface area contributed by atoms with Gasteiger partial charge in [0.15, 0.2) is 0 Å². The average molecular weight is 523 g/mol. The van der Waals surface area contributed by atoms with E-state index in [2.05, 4.69) is 5.32 Å². The largest absolute Gasteiger partial charge is 0.488 e. The lowest BCUT2D eigenvalue weighted by Gasteiger charge is -2.15. The Bertz CT molecular complexity index is 1560. The number of fused-ring (bicyclic) bond motifs is 1. The van der Waals surface area contributed by atoms with Crippen LogP contribution >= 0.6 is 11.8 Å². The normalized spacial score (nSPS) is 14.4. The smallest absolute Gasteiger partial charge is 0.294 e. The minimum Gasteiger partial charge on any atom is -0.488 e. The predicted octanol–water partition coefficient (Wildman–Crippen LogP) is 6.71. The highest BCUT2D eigenvalue weighted by molar-refractivity contribution is 8.18. The minimum atomic E-state index is -0.501. The van der Waals surface area contributed by atoms with Crippen LogP contribution in [-0.4, -0.2) is 28.5 Å². The Hall–Kier alpha value is -4.36. The highest BCUT2D eigenvalue weighted by atomic mass is 32.2. The lowest BCUT2D eigenvalue weighted by Crippen LogP contribution is -2.36. The molecule has 6 nitrogen and oxygen atoms in total. The van der Waals surface area contributed by atoms with E-state index in [1.807, 2.05) is 98.8 Å². The molecule has 4 aromatic carbocycles. The summed E-state index contributed by atoms with van der Waals surface area (Å²) >= 11 is 0.826. The summed E-state index contributed by atoms with van der Waals surface area (Å²) in [6.45, 7) is 3.79. The molecular weight excluding hydrogens is 496 g/mol. The number of benzene rings is 4. The van der Waals surface area contributed by atoms with Crippen LogP contribution < -0.4 is 10.1 Å². The Balaban J connectivity index is 1.41. The van der Waals surface area contributed by atoms with Gasteiger partial charge < -0.3 is 10.1 Å². The molecule has 0 radical (unpaired) electrons. The fourth-order valence-electron chi connectivity index (χ4n) is 4.39. The van der Waals surface area contributed by atoms with E-state index in [0.29, 0.717) is 23.6 Å². The second-order valence-corrected chi connectivity index (χ2v) is 10.0. The van der Waals surface area contributed by atoms with Crippen molar-refractivity contribution in [3.05, 3.63) is 112 Å². The maximum atomic E-state index is 13.3. The van der Waals surface area contributed by atoms with Crippen molar-refractivity contribution in [2.24, 2.45) is 0 Å². The molecular formula is C31H26N2O4S. The number of nitrogens with zero attached hydrogens (tertiary/aromatic N) is 1. The molecule has 1 aliphatic rings. The van der Waals surface area contributed by atoms with Crippen molar-refractivity contribution in [2.75, 3.05) is 11.9 Å². The molecule has 190 valence electrons. The molecule has 1 heterocycles. The number of amides is 3. The van der Waals surface area contributed by atoms with Crippen molar-refractivity contribution < 1.29 is 19.1 Å². The van der Waals surface area contributed by atoms with Gasteiger partial charge in [0.1, 0.15) is 18.9 Å². The number of hydrogen-bond acceptors (Lipinski definition) is 5. The van der Waals surface area contributed by atoms with Gasteiger partial charge in [-0.05, 0) is 65.2 Å². The van der Waals surface area contributed by atoms with Crippen molar-refractivity contribution in [2.45, 2.75) is 20.5 Å². The molecule has 1 aliphatic heterocycles. The number of para-hydroxylation sites is 1. The quantitative estimate of drug-likeness (QED) is 0.273. The van der Waals surface area contributed by atoms with Gasteiger partial charge in [-0.3, -0.25) is 19.3 Å². The first-order chi connectivity index (χ1) is 18.4. The molecule has 0 spiro atoms. The van der Waals surface area contributed by atoms with E-state index in [9.17, 15) is 14.4 Å².